The first kappa shape index (κ1) is 10.6. The number of rotatable bonds is 2. The Morgan fingerprint density at radius 3 is 2.88 bits per heavy atom. The maximum absolute atomic E-state index is 11.3. The third-order valence-corrected chi connectivity index (χ3v) is 2.38. The predicted octanol–water partition coefficient (Wildman–Crippen LogP) is 1.48. The van der Waals surface area contributed by atoms with Gasteiger partial charge in [-0.1, -0.05) is 6.07 Å². The molecule has 4 nitrogen and oxygen atoms in total. The van der Waals surface area contributed by atoms with E-state index in [-0.39, 0.29) is 5.97 Å². The summed E-state index contributed by atoms with van der Waals surface area (Å²) in [5.74, 6) is -0.343. The largest absolute Gasteiger partial charge is 0.465 e. The van der Waals surface area contributed by atoms with Gasteiger partial charge in [-0.15, -0.1) is 0 Å². The number of esters is 1. The number of carbonyl (C=O) groups excluding carboxylic acids is 1. The van der Waals surface area contributed by atoms with Gasteiger partial charge in [-0.25, -0.2) is 4.79 Å². The number of aromatic nitrogens is 1. The molecule has 0 saturated heterocycles. The van der Waals surface area contributed by atoms with Crippen molar-refractivity contribution in [2.75, 3.05) is 7.11 Å². The van der Waals surface area contributed by atoms with Gasteiger partial charge in [0.25, 0.3) is 0 Å². The molecule has 0 radical (unpaired) electrons. The number of hydrogen-bond donors (Lipinski definition) is 1. The van der Waals surface area contributed by atoms with Gasteiger partial charge < -0.3 is 10.5 Å². The van der Waals surface area contributed by atoms with E-state index in [9.17, 15) is 4.79 Å². The molecule has 1 aromatic heterocycles. The molecule has 0 unspecified atom stereocenters. The molecule has 0 spiro atoms. The molecule has 2 aromatic rings. The molecule has 0 saturated carbocycles. The average molecular weight is 216 g/mol. The summed E-state index contributed by atoms with van der Waals surface area (Å²) in [6, 6.07) is 9.00. The van der Waals surface area contributed by atoms with Gasteiger partial charge in [-0.2, -0.15) is 0 Å². The van der Waals surface area contributed by atoms with Gasteiger partial charge in [0.05, 0.1) is 23.9 Å². The van der Waals surface area contributed by atoms with Crippen molar-refractivity contribution in [3.05, 3.63) is 41.6 Å². The summed E-state index contributed by atoms with van der Waals surface area (Å²) >= 11 is 0. The average Bonchev–Trinajstić information content (AvgIpc) is 2.36. The first-order valence-electron chi connectivity index (χ1n) is 4.92. The second kappa shape index (κ2) is 4.28. The van der Waals surface area contributed by atoms with Crippen LogP contribution in [0.15, 0.2) is 30.3 Å². The first-order chi connectivity index (χ1) is 7.74. The minimum absolute atomic E-state index is 0.343. The molecule has 2 N–H and O–H groups in total. The number of carbonyl (C=O) groups is 1. The van der Waals surface area contributed by atoms with E-state index in [1.165, 1.54) is 7.11 Å². The summed E-state index contributed by atoms with van der Waals surface area (Å²) in [6.45, 7) is 0.411. The van der Waals surface area contributed by atoms with Crippen LogP contribution in [0.5, 0.6) is 0 Å². The summed E-state index contributed by atoms with van der Waals surface area (Å²) in [5, 5.41) is 0.903. The van der Waals surface area contributed by atoms with Crippen molar-refractivity contribution in [1.29, 1.82) is 0 Å². The lowest BCUT2D eigenvalue weighted by atomic mass is 10.1. The third-order valence-electron chi connectivity index (χ3n) is 2.38. The highest BCUT2D eigenvalue weighted by Crippen LogP contribution is 2.15. The van der Waals surface area contributed by atoms with Crippen LogP contribution < -0.4 is 5.73 Å². The van der Waals surface area contributed by atoms with Crippen molar-refractivity contribution in [2.24, 2.45) is 5.73 Å². The van der Waals surface area contributed by atoms with E-state index >= 15 is 0 Å². The highest BCUT2D eigenvalue weighted by Gasteiger charge is 2.06. The molecule has 16 heavy (non-hydrogen) atoms. The first-order valence-corrected chi connectivity index (χ1v) is 4.92. The lowest BCUT2D eigenvalue weighted by Crippen LogP contribution is -2.02. The molecule has 0 aliphatic heterocycles. The number of methoxy groups -OCH3 is 1. The molecule has 1 heterocycles. The Hall–Kier alpha value is -1.94. The van der Waals surface area contributed by atoms with E-state index < -0.39 is 0 Å². The fourth-order valence-electron chi connectivity index (χ4n) is 1.53. The second-order valence-electron chi connectivity index (χ2n) is 3.41. The second-order valence-corrected chi connectivity index (χ2v) is 3.41. The number of nitrogens with two attached hydrogens (primary N) is 1. The zero-order chi connectivity index (χ0) is 11.5. The highest BCUT2D eigenvalue weighted by molar-refractivity contribution is 5.94. The predicted molar refractivity (Wildman–Crippen MR) is 61.0 cm³/mol. The summed E-state index contributed by atoms with van der Waals surface area (Å²) in [6.07, 6.45) is 0. The lowest BCUT2D eigenvalue weighted by Gasteiger charge is -2.03. The molecule has 0 fully saturated rings. The minimum atomic E-state index is -0.343. The third kappa shape index (κ3) is 1.87. The Morgan fingerprint density at radius 2 is 2.19 bits per heavy atom. The molecule has 0 amide bonds. The SMILES string of the molecule is COC(=O)c1ccc2nc(CN)ccc2c1. The smallest absolute Gasteiger partial charge is 0.337 e. The Balaban J connectivity index is 2.51. The van der Waals surface area contributed by atoms with Crippen LogP contribution in [-0.2, 0) is 11.3 Å². The van der Waals surface area contributed by atoms with E-state index in [1.807, 2.05) is 12.1 Å². The summed E-state index contributed by atoms with van der Waals surface area (Å²) in [4.78, 5) is 15.7. The molecule has 82 valence electrons. The highest BCUT2D eigenvalue weighted by atomic mass is 16.5. The van der Waals surface area contributed by atoms with Crippen molar-refractivity contribution in [3.8, 4) is 0 Å². The van der Waals surface area contributed by atoms with Crippen molar-refractivity contribution in [1.82, 2.24) is 4.98 Å². The maximum atomic E-state index is 11.3. The van der Waals surface area contributed by atoms with Crippen molar-refractivity contribution in [2.45, 2.75) is 6.54 Å². The standard InChI is InChI=1S/C12H12N2O2/c1-16-12(15)9-3-5-11-8(6-9)2-4-10(7-13)14-11/h2-6H,7,13H2,1H3. The maximum Gasteiger partial charge on any atom is 0.337 e. The van der Waals surface area contributed by atoms with Gasteiger partial charge in [-0.05, 0) is 24.3 Å². The summed E-state index contributed by atoms with van der Waals surface area (Å²) in [7, 11) is 1.36. The van der Waals surface area contributed by atoms with Gasteiger partial charge in [0.1, 0.15) is 0 Å². The number of fused-ring (bicyclic) bond motifs is 1. The molecule has 0 atom stereocenters. The van der Waals surface area contributed by atoms with Crippen LogP contribution in [0, 0.1) is 0 Å². The van der Waals surface area contributed by atoms with E-state index in [4.69, 9.17) is 5.73 Å². The fraction of sp³-hybridized carbons (Fsp3) is 0.167. The quantitative estimate of drug-likeness (QED) is 0.772. The Morgan fingerprint density at radius 1 is 1.38 bits per heavy atom. The zero-order valence-corrected chi connectivity index (χ0v) is 8.93. The van der Waals surface area contributed by atoms with Crippen LogP contribution in [0.3, 0.4) is 0 Å². The molecule has 0 aliphatic rings. The van der Waals surface area contributed by atoms with E-state index in [1.54, 1.807) is 18.2 Å². The van der Waals surface area contributed by atoms with Crippen molar-refractivity contribution in [3.63, 3.8) is 0 Å². The Kier molecular flexibility index (Phi) is 2.83. The number of ether oxygens (including phenoxy) is 1. The van der Waals surface area contributed by atoms with Crippen LogP contribution >= 0.6 is 0 Å². The molecular formula is C12H12N2O2. The van der Waals surface area contributed by atoms with Crippen molar-refractivity contribution < 1.29 is 9.53 Å². The van der Waals surface area contributed by atoms with Gasteiger partial charge in [0.15, 0.2) is 0 Å². The Labute approximate surface area is 93.0 Å². The van der Waals surface area contributed by atoms with Crippen LogP contribution in [0.25, 0.3) is 10.9 Å². The number of hydrogen-bond acceptors (Lipinski definition) is 4. The van der Waals surface area contributed by atoms with Gasteiger partial charge >= 0.3 is 5.97 Å². The summed E-state index contributed by atoms with van der Waals surface area (Å²) < 4.78 is 4.65. The molecule has 1 aromatic carbocycles. The lowest BCUT2D eigenvalue weighted by molar-refractivity contribution is 0.0601. The number of pyridine rings is 1. The molecule has 4 heteroatoms. The van der Waals surface area contributed by atoms with Crippen LogP contribution in [0.2, 0.25) is 0 Å². The van der Waals surface area contributed by atoms with Crippen LogP contribution in [0.1, 0.15) is 16.1 Å². The molecule has 2 rings (SSSR count). The Bertz CT molecular complexity index is 538. The van der Waals surface area contributed by atoms with Crippen LogP contribution in [0.4, 0.5) is 0 Å². The normalized spacial score (nSPS) is 10.4. The van der Waals surface area contributed by atoms with Gasteiger partial charge in [0.2, 0.25) is 0 Å². The van der Waals surface area contributed by atoms with Crippen LogP contribution in [-0.4, -0.2) is 18.1 Å². The molecule has 0 aliphatic carbocycles. The zero-order valence-electron chi connectivity index (χ0n) is 8.93. The van der Waals surface area contributed by atoms with E-state index in [0.29, 0.717) is 12.1 Å². The van der Waals surface area contributed by atoms with Crippen molar-refractivity contribution >= 4 is 16.9 Å². The minimum Gasteiger partial charge on any atom is -0.465 e. The van der Waals surface area contributed by atoms with Gasteiger partial charge in [-0.3, -0.25) is 4.98 Å². The molecular weight excluding hydrogens is 204 g/mol. The topological polar surface area (TPSA) is 65.2 Å². The van der Waals surface area contributed by atoms with E-state index in [2.05, 4.69) is 9.72 Å². The number of nitrogens with zero attached hydrogens (tertiary/aromatic N) is 1. The monoisotopic (exact) mass is 216 g/mol. The van der Waals surface area contributed by atoms with E-state index in [0.717, 1.165) is 16.6 Å². The molecule has 0 bridgehead atoms. The summed E-state index contributed by atoms with van der Waals surface area (Å²) in [5.41, 5.74) is 7.69. The fourth-order valence-corrected chi connectivity index (χ4v) is 1.53. The van der Waals surface area contributed by atoms with Gasteiger partial charge in [0, 0.05) is 11.9 Å². The number of benzene rings is 1.